The lowest BCUT2D eigenvalue weighted by Crippen LogP contribution is -2.38. The SMILES string of the molecule is CN(C)c1ccc(C(=O)Nc2nn(C(c3ccccc3)(c3ccccc3)c3ccccc3)c3ncc(S(=O)(=O)c4cccc(F)c4)cc23)cc1. The van der Waals surface area contributed by atoms with E-state index in [0.29, 0.717) is 11.2 Å². The molecular formula is C40H32FN5O3S. The van der Waals surface area contributed by atoms with Crippen LogP contribution in [0.2, 0.25) is 0 Å². The van der Waals surface area contributed by atoms with Crippen molar-refractivity contribution in [2.75, 3.05) is 24.3 Å². The predicted molar refractivity (Wildman–Crippen MR) is 193 cm³/mol. The maximum Gasteiger partial charge on any atom is 0.256 e. The van der Waals surface area contributed by atoms with E-state index < -0.39 is 27.1 Å². The second-order valence-electron chi connectivity index (χ2n) is 12.0. The molecule has 0 saturated carbocycles. The van der Waals surface area contributed by atoms with Gasteiger partial charge in [0.05, 0.1) is 15.2 Å². The van der Waals surface area contributed by atoms with Crippen molar-refractivity contribution in [3.8, 4) is 0 Å². The van der Waals surface area contributed by atoms with Gasteiger partial charge in [0.15, 0.2) is 11.5 Å². The zero-order valence-corrected chi connectivity index (χ0v) is 28.1. The van der Waals surface area contributed by atoms with E-state index in [2.05, 4.69) is 5.32 Å². The van der Waals surface area contributed by atoms with Gasteiger partial charge in [-0.1, -0.05) is 97.1 Å². The molecule has 0 fully saturated rings. The Kier molecular flexibility index (Phi) is 8.47. The Morgan fingerprint density at radius 1 is 0.720 bits per heavy atom. The summed E-state index contributed by atoms with van der Waals surface area (Å²) in [7, 11) is -0.380. The number of fused-ring (bicyclic) bond motifs is 1. The Morgan fingerprint density at radius 3 is 1.80 bits per heavy atom. The van der Waals surface area contributed by atoms with Crippen molar-refractivity contribution in [3.05, 3.63) is 180 Å². The van der Waals surface area contributed by atoms with Gasteiger partial charge in [0, 0.05) is 31.5 Å². The van der Waals surface area contributed by atoms with Crippen molar-refractivity contribution in [1.82, 2.24) is 14.8 Å². The molecule has 248 valence electrons. The van der Waals surface area contributed by atoms with Gasteiger partial charge in [0.2, 0.25) is 9.84 Å². The van der Waals surface area contributed by atoms with Crippen molar-refractivity contribution in [3.63, 3.8) is 0 Å². The first-order chi connectivity index (χ1) is 24.2. The zero-order chi connectivity index (χ0) is 34.9. The highest BCUT2D eigenvalue weighted by Crippen LogP contribution is 2.43. The number of carbonyl (C=O) groups is 1. The van der Waals surface area contributed by atoms with Crippen LogP contribution in [0.25, 0.3) is 11.0 Å². The quantitative estimate of drug-likeness (QED) is 0.158. The van der Waals surface area contributed by atoms with Gasteiger partial charge in [-0.05, 0) is 65.2 Å². The van der Waals surface area contributed by atoms with Crippen molar-refractivity contribution >= 4 is 38.3 Å². The standard InChI is InChI=1S/C40H32FN5O3S/c1-45(2)33-23-21-28(22-24-33)39(47)43-37-36-26-35(50(48,49)34-20-12-19-32(41)25-34)27-42-38(36)46(44-37)40(29-13-6-3-7-14-29,30-15-8-4-9-16-30)31-17-10-5-11-18-31/h3-27H,1-2H3,(H,43,44,47). The smallest absolute Gasteiger partial charge is 0.256 e. The molecule has 0 aliphatic rings. The molecule has 10 heteroatoms. The van der Waals surface area contributed by atoms with Gasteiger partial charge in [-0.3, -0.25) is 4.79 Å². The number of anilines is 2. The van der Waals surface area contributed by atoms with Gasteiger partial charge in [-0.15, -0.1) is 0 Å². The van der Waals surface area contributed by atoms with Crippen LogP contribution in [-0.4, -0.2) is 43.2 Å². The van der Waals surface area contributed by atoms with E-state index in [9.17, 15) is 17.6 Å². The fourth-order valence-electron chi connectivity index (χ4n) is 6.22. The number of carbonyl (C=O) groups excluding carboxylic acids is 1. The minimum Gasteiger partial charge on any atom is -0.378 e. The van der Waals surface area contributed by atoms with E-state index in [1.54, 1.807) is 16.8 Å². The molecule has 7 aromatic rings. The Balaban J connectivity index is 1.51. The molecule has 0 atom stereocenters. The number of hydrogen-bond donors (Lipinski definition) is 1. The summed E-state index contributed by atoms with van der Waals surface area (Å²) in [6, 6.07) is 42.8. The number of nitrogens with one attached hydrogen (secondary N) is 1. The third-order valence-corrected chi connectivity index (χ3v) is 10.4. The minimum absolute atomic E-state index is 0.109. The minimum atomic E-state index is -4.20. The number of hydrogen-bond acceptors (Lipinski definition) is 6. The number of rotatable bonds is 9. The molecule has 5 aromatic carbocycles. The topological polar surface area (TPSA) is 97.2 Å². The summed E-state index contributed by atoms with van der Waals surface area (Å²) in [6.07, 6.45) is 1.25. The molecule has 0 saturated heterocycles. The first kappa shape index (κ1) is 32.4. The summed E-state index contributed by atoms with van der Waals surface area (Å²) in [5, 5.41) is 8.30. The predicted octanol–water partition coefficient (Wildman–Crippen LogP) is 7.56. The average molecular weight is 682 g/mol. The molecule has 8 nitrogen and oxygen atoms in total. The van der Waals surface area contributed by atoms with Crippen molar-refractivity contribution in [2.45, 2.75) is 15.3 Å². The summed E-state index contributed by atoms with van der Waals surface area (Å²) in [5.74, 6) is -1.01. The monoisotopic (exact) mass is 681 g/mol. The number of pyridine rings is 1. The highest BCUT2D eigenvalue weighted by Gasteiger charge is 2.41. The zero-order valence-electron chi connectivity index (χ0n) is 27.2. The van der Waals surface area contributed by atoms with Crippen LogP contribution in [0.3, 0.4) is 0 Å². The second kappa shape index (κ2) is 13.1. The van der Waals surface area contributed by atoms with Crippen molar-refractivity contribution in [2.24, 2.45) is 0 Å². The maximum atomic E-state index is 14.2. The van der Waals surface area contributed by atoms with Gasteiger partial charge in [0.25, 0.3) is 5.91 Å². The number of sulfone groups is 1. The lowest BCUT2D eigenvalue weighted by molar-refractivity contribution is 0.102. The third-order valence-electron chi connectivity index (χ3n) is 8.68. The Morgan fingerprint density at radius 2 is 1.28 bits per heavy atom. The lowest BCUT2D eigenvalue weighted by atomic mass is 9.77. The largest absolute Gasteiger partial charge is 0.378 e. The van der Waals surface area contributed by atoms with E-state index in [-0.39, 0.29) is 21.0 Å². The molecule has 1 amide bonds. The summed E-state index contributed by atoms with van der Waals surface area (Å²) >= 11 is 0. The summed E-state index contributed by atoms with van der Waals surface area (Å²) < 4.78 is 43.5. The Bertz CT molecular complexity index is 2320. The van der Waals surface area contributed by atoms with Crippen LogP contribution in [0, 0.1) is 5.82 Å². The van der Waals surface area contributed by atoms with E-state index in [4.69, 9.17) is 10.1 Å². The van der Waals surface area contributed by atoms with Crippen LogP contribution in [0.5, 0.6) is 0 Å². The van der Waals surface area contributed by atoms with Crippen LogP contribution in [0.15, 0.2) is 162 Å². The number of aromatic nitrogens is 3. The second-order valence-corrected chi connectivity index (χ2v) is 13.9. The Labute approximate surface area is 289 Å². The molecule has 2 aromatic heterocycles. The maximum absolute atomic E-state index is 14.2. The number of halogens is 1. The van der Waals surface area contributed by atoms with E-state index in [1.165, 1.54) is 30.5 Å². The molecule has 0 bridgehead atoms. The van der Waals surface area contributed by atoms with Crippen LogP contribution in [-0.2, 0) is 15.4 Å². The fourth-order valence-corrected chi connectivity index (χ4v) is 7.48. The molecule has 1 N–H and O–H groups in total. The van der Waals surface area contributed by atoms with Crippen LogP contribution < -0.4 is 10.2 Å². The molecule has 0 radical (unpaired) electrons. The fraction of sp³-hybridized carbons (Fsp3) is 0.0750. The van der Waals surface area contributed by atoms with Gasteiger partial charge in [-0.2, -0.15) is 5.10 Å². The first-order valence-corrected chi connectivity index (χ1v) is 17.3. The summed E-state index contributed by atoms with van der Waals surface area (Å²) in [4.78, 5) is 20.1. The lowest BCUT2D eigenvalue weighted by Gasteiger charge is -2.36. The molecule has 0 aliphatic carbocycles. The summed E-state index contributed by atoms with van der Waals surface area (Å²) in [6.45, 7) is 0. The van der Waals surface area contributed by atoms with Crippen LogP contribution in [0.4, 0.5) is 15.9 Å². The number of nitrogens with zero attached hydrogens (tertiary/aromatic N) is 4. The molecule has 0 unspecified atom stereocenters. The molecule has 0 spiro atoms. The van der Waals surface area contributed by atoms with E-state index in [0.717, 1.165) is 28.4 Å². The van der Waals surface area contributed by atoms with E-state index in [1.807, 2.05) is 122 Å². The number of benzene rings is 5. The highest BCUT2D eigenvalue weighted by molar-refractivity contribution is 7.91. The van der Waals surface area contributed by atoms with Crippen LogP contribution in [0.1, 0.15) is 27.0 Å². The molecule has 0 aliphatic heterocycles. The normalized spacial score (nSPS) is 11.7. The Hall–Kier alpha value is -6.13. The molecule has 7 rings (SSSR count). The van der Waals surface area contributed by atoms with Gasteiger partial charge in [0.1, 0.15) is 11.4 Å². The number of amides is 1. The third kappa shape index (κ3) is 5.69. The van der Waals surface area contributed by atoms with Gasteiger partial charge in [-0.25, -0.2) is 22.5 Å². The van der Waals surface area contributed by atoms with E-state index >= 15 is 0 Å². The van der Waals surface area contributed by atoms with Crippen molar-refractivity contribution < 1.29 is 17.6 Å². The van der Waals surface area contributed by atoms with Crippen molar-refractivity contribution in [1.29, 1.82) is 0 Å². The first-order valence-electron chi connectivity index (χ1n) is 15.8. The molecule has 2 heterocycles. The van der Waals surface area contributed by atoms with Gasteiger partial charge < -0.3 is 10.2 Å². The highest BCUT2D eigenvalue weighted by atomic mass is 32.2. The van der Waals surface area contributed by atoms with Gasteiger partial charge >= 0.3 is 0 Å². The molecule has 50 heavy (non-hydrogen) atoms. The van der Waals surface area contributed by atoms with Crippen LogP contribution >= 0.6 is 0 Å². The molecular weight excluding hydrogens is 650 g/mol. The summed E-state index contributed by atoms with van der Waals surface area (Å²) in [5.41, 5.74) is 3.08. The average Bonchev–Trinajstić information content (AvgIpc) is 3.50.